The van der Waals surface area contributed by atoms with E-state index in [-0.39, 0.29) is 6.61 Å². The molecule has 0 aromatic heterocycles. The summed E-state index contributed by atoms with van der Waals surface area (Å²) in [5.74, 6) is 0. The van der Waals surface area contributed by atoms with Crippen LogP contribution in [0.15, 0.2) is 18.2 Å². The highest BCUT2D eigenvalue weighted by Crippen LogP contribution is 2.31. The minimum atomic E-state index is 0.0306. The largest absolute Gasteiger partial charge is 0.392 e. The maximum Gasteiger partial charge on any atom is 0.0702 e. The van der Waals surface area contributed by atoms with Gasteiger partial charge in [-0.3, -0.25) is 0 Å². The van der Waals surface area contributed by atoms with Gasteiger partial charge in [0.15, 0.2) is 0 Å². The molecule has 0 saturated heterocycles. The molecule has 0 fully saturated rings. The molecule has 0 saturated carbocycles. The summed E-state index contributed by atoms with van der Waals surface area (Å²) in [4.78, 5) is 2.24. The Morgan fingerprint density at radius 1 is 1.38 bits per heavy atom. The van der Waals surface area contributed by atoms with Gasteiger partial charge in [0.25, 0.3) is 0 Å². The Morgan fingerprint density at radius 3 is 2.56 bits per heavy atom. The van der Waals surface area contributed by atoms with Crippen LogP contribution in [-0.4, -0.2) is 17.7 Å². The molecule has 1 aromatic rings. The van der Waals surface area contributed by atoms with Crippen LogP contribution in [0.4, 0.5) is 5.69 Å². The van der Waals surface area contributed by atoms with Crippen LogP contribution in [0.3, 0.4) is 0 Å². The topological polar surface area (TPSA) is 23.5 Å². The van der Waals surface area contributed by atoms with Crippen molar-refractivity contribution in [2.24, 2.45) is 0 Å². The van der Waals surface area contributed by atoms with Gasteiger partial charge in [-0.05, 0) is 26.3 Å². The zero-order valence-corrected chi connectivity index (χ0v) is 11.0. The third-order valence-corrected chi connectivity index (χ3v) is 3.30. The number of halogens is 1. The standard InChI is InChI=1S/C13H20ClNO/c1-4-10(3)15(5-2)13-11(9-16)7-6-8-12(13)14/h6-8,10,16H,4-5,9H2,1-3H3. The first-order chi connectivity index (χ1) is 7.65. The number of hydrogen-bond donors (Lipinski definition) is 1. The number of para-hydroxylation sites is 1. The fourth-order valence-electron chi connectivity index (χ4n) is 1.92. The molecular weight excluding hydrogens is 222 g/mol. The van der Waals surface area contributed by atoms with Gasteiger partial charge >= 0.3 is 0 Å². The Morgan fingerprint density at radius 2 is 2.06 bits per heavy atom. The molecule has 1 N–H and O–H groups in total. The zero-order chi connectivity index (χ0) is 12.1. The molecule has 90 valence electrons. The highest BCUT2D eigenvalue weighted by atomic mass is 35.5. The van der Waals surface area contributed by atoms with Crippen LogP contribution >= 0.6 is 11.6 Å². The first-order valence-corrected chi connectivity index (χ1v) is 6.18. The molecule has 0 aliphatic carbocycles. The van der Waals surface area contributed by atoms with E-state index in [2.05, 4.69) is 25.7 Å². The van der Waals surface area contributed by atoms with E-state index in [1.807, 2.05) is 18.2 Å². The minimum Gasteiger partial charge on any atom is -0.392 e. The summed E-state index contributed by atoms with van der Waals surface area (Å²) in [5, 5.41) is 10.1. The molecule has 0 spiro atoms. The lowest BCUT2D eigenvalue weighted by Gasteiger charge is -2.32. The lowest BCUT2D eigenvalue weighted by Crippen LogP contribution is -2.33. The molecule has 16 heavy (non-hydrogen) atoms. The number of rotatable bonds is 5. The molecule has 3 heteroatoms. The molecular formula is C13H20ClNO. The van der Waals surface area contributed by atoms with Gasteiger partial charge in [0.05, 0.1) is 17.3 Å². The summed E-state index contributed by atoms with van der Waals surface area (Å²) >= 11 is 6.23. The second-order valence-electron chi connectivity index (χ2n) is 3.95. The van der Waals surface area contributed by atoms with E-state index in [1.54, 1.807) is 0 Å². The van der Waals surface area contributed by atoms with Gasteiger partial charge in [-0.1, -0.05) is 30.7 Å². The van der Waals surface area contributed by atoms with Crippen molar-refractivity contribution < 1.29 is 5.11 Å². The SMILES string of the molecule is CCC(C)N(CC)c1c(Cl)cccc1CO. The fraction of sp³-hybridized carbons (Fsp3) is 0.538. The minimum absolute atomic E-state index is 0.0306. The summed E-state index contributed by atoms with van der Waals surface area (Å²) < 4.78 is 0. The average Bonchev–Trinajstić information content (AvgIpc) is 2.31. The van der Waals surface area contributed by atoms with E-state index >= 15 is 0 Å². The Bertz CT molecular complexity index is 341. The molecule has 0 radical (unpaired) electrons. The van der Waals surface area contributed by atoms with Crippen LogP contribution in [0.1, 0.15) is 32.8 Å². The van der Waals surface area contributed by atoms with Gasteiger partial charge in [-0.2, -0.15) is 0 Å². The van der Waals surface area contributed by atoms with Crippen molar-refractivity contribution in [1.29, 1.82) is 0 Å². The van der Waals surface area contributed by atoms with E-state index in [9.17, 15) is 5.11 Å². The van der Waals surface area contributed by atoms with Crippen molar-refractivity contribution in [1.82, 2.24) is 0 Å². The molecule has 1 aromatic carbocycles. The third-order valence-electron chi connectivity index (χ3n) is 2.99. The van der Waals surface area contributed by atoms with Gasteiger partial charge in [0.2, 0.25) is 0 Å². The Balaban J connectivity index is 3.17. The van der Waals surface area contributed by atoms with Gasteiger partial charge < -0.3 is 10.0 Å². The number of aliphatic hydroxyl groups is 1. The monoisotopic (exact) mass is 241 g/mol. The summed E-state index contributed by atoms with van der Waals surface area (Å²) in [6.07, 6.45) is 1.06. The normalized spacial score (nSPS) is 12.6. The van der Waals surface area contributed by atoms with Crippen molar-refractivity contribution in [3.05, 3.63) is 28.8 Å². The van der Waals surface area contributed by atoms with E-state index < -0.39 is 0 Å². The highest BCUT2D eigenvalue weighted by Gasteiger charge is 2.17. The molecule has 0 amide bonds. The lowest BCUT2D eigenvalue weighted by atomic mass is 10.1. The lowest BCUT2D eigenvalue weighted by molar-refractivity contribution is 0.282. The Labute approximate surface area is 103 Å². The summed E-state index contributed by atoms with van der Waals surface area (Å²) in [7, 11) is 0. The van der Waals surface area contributed by atoms with Crippen molar-refractivity contribution in [3.63, 3.8) is 0 Å². The molecule has 0 bridgehead atoms. The van der Waals surface area contributed by atoms with Crippen LogP contribution in [0.25, 0.3) is 0 Å². The molecule has 0 aliphatic heterocycles. The number of hydrogen-bond acceptors (Lipinski definition) is 2. The molecule has 0 heterocycles. The average molecular weight is 242 g/mol. The quantitative estimate of drug-likeness (QED) is 0.854. The molecule has 1 atom stereocenters. The molecule has 1 rings (SSSR count). The van der Waals surface area contributed by atoms with Gasteiger partial charge in [0.1, 0.15) is 0 Å². The van der Waals surface area contributed by atoms with Crippen LogP contribution in [0.5, 0.6) is 0 Å². The maximum absolute atomic E-state index is 9.36. The first-order valence-electron chi connectivity index (χ1n) is 5.80. The fourth-order valence-corrected chi connectivity index (χ4v) is 2.22. The Kier molecular flexibility index (Phi) is 5.10. The van der Waals surface area contributed by atoms with Crippen molar-refractivity contribution in [2.45, 2.75) is 39.8 Å². The van der Waals surface area contributed by atoms with E-state index in [0.29, 0.717) is 11.1 Å². The van der Waals surface area contributed by atoms with Gasteiger partial charge in [-0.25, -0.2) is 0 Å². The second-order valence-corrected chi connectivity index (χ2v) is 4.36. The summed E-state index contributed by atoms with van der Waals surface area (Å²) in [5.41, 5.74) is 1.87. The van der Waals surface area contributed by atoms with Crippen LogP contribution < -0.4 is 4.90 Å². The van der Waals surface area contributed by atoms with Gasteiger partial charge in [0, 0.05) is 18.2 Å². The van der Waals surface area contributed by atoms with Crippen LogP contribution in [0, 0.1) is 0 Å². The smallest absolute Gasteiger partial charge is 0.0702 e. The zero-order valence-electron chi connectivity index (χ0n) is 10.2. The first kappa shape index (κ1) is 13.3. The molecule has 0 aliphatic rings. The molecule has 2 nitrogen and oxygen atoms in total. The predicted octanol–water partition coefficient (Wildman–Crippen LogP) is 3.46. The number of anilines is 1. The predicted molar refractivity (Wildman–Crippen MR) is 70.1 cm³/mol. The highest BCUT2D eigenvalue weighted by molar-refractivity contribution is 6.33. The third kappa shape index (κ3) is 2.69. The summed E-state index contributed by atoms with van der Waals surface area (Å²) in [6, 6.07) is 6.10. The van der Waals surface area contributed by atoms with Gasteiger partial charge in [-0.15, -0.1) is 0 Å². The van der Waals surface area contributed by atoms with E-state index in [1.165, 1.54) is 0 Å². The van der Waals surface area contributed by atoms with Crippen LogP contribution in [-0.2, 0) is 6.61 Å². The second kappa shape index (κ2) is 6.12. The molecule has 1 unspecified atom stereocenters. The van der Waals surface area contributed by atoms with E-state index in [4.69, 9.17) is 11.6 Å². The van der Waals surface area contributed by atoms with Crippen LogP contribution in [0.2, 0.25) is 5.02 Å². The Hall–Kier alpha value is -0.730. The number of nitrogens with zero attached hydrogens (tertiary/aromatic N) is 1. The maximum atomic E-state index is 9.36. The van der Waals surface area contributed by atoms with Crippen molar-refractivity contribution >= 4 is 17.3 Å². The number of benzene rings is 1. The van der Waals surface area contributed by atoms with E-state index in [0.717, 1.165) is 24.2 Å². The van der Waals surface area contributed by atoms with Crippen molar-refractivity contribution in [3.8, 4) is 0 Å². The van der Waals surface area contributed by atoms with Crippen molar-refractivity contribution in [2.75, 3.05) is 11.4 Å². The summed E-state index contributed by atoms with van der Waals surface area (Å²) in [6.45, 7) is 7.36. The number of aliphatic hydroxyl groups excluding tert-OH is 1.